The van der Waals surface area contributed by atoms with Gasteiger partial charge in [-0.3, -0.25) is 0 Å². The van der Waals surface area contributed by atoms with Gasteiger partial charge in [0.2, 0.25) is 0 Å². The number of aryl methyl sites for hydroxylation is 3. The Balaban J connectivity index is 1.79. The zero-order valence-corrected chi connectivity index (χ0v) is 14.8. The van der Waals surface area contributed by atoms with Crippen LogP contribution in [-0.2, 0) is 6.42 Å². The summed E-state index contributed by atoms with van der Waals surface area (Å²) in [6.45, 7) is 4.10. The molecule has 25 heavy (non-hydrogen) atoms. The molecule has 4 nitrogen and oxygen atoms in total. The van der Waals surface area contributed by atoms with Crippen molar-refractivity contribution < 1.29 is 9.26 Å². The number of aromatic nitrogens is 1. The van der Waals surface area contributed by atoms with Crippen LogP contribution in [0.2, 0.25) is 0 Å². The highest BCUT2D eigenvalue weighted by Gasteiger charge is 2.27. The van der Waals surface area contributed by atoms with E-state index in [0.29, 0.717) is 0 Å². The van der Waals surface area contributed by atoms with Crippen LogP contribution in [0.5, 0.6) is 5.75 Å². The number of rotatable bonds is 3. The van der Waals surface area contributed by atoms with Gasteiger partial charge in [0, 0.05) is 17.7 Å². The maximum absolute atomic E-state index is 5.59. The van der Waals surface area contributed by atoms with E-state index in [9.17, 15) is 0 Å². The van der Waals surface area contributed by atoms with Crippen LogP contribution in [0.1, 0.15) is 35.0 Å². The van der Waals surface area contributed by atoms with E-state index in [1.807, 2.05) is 13.0 Å². The van der Waals surface area contributed by atoms with Gasteiger partial charge in [-0.1, -0.05) is 28.9 Å². The van der Waals surface area contributed by atoms with Crippen molar-refractivity contribution >= 4 is 5.69 Å². The molecule has 0 aliphatic heterocycles. The highest BCUT2D eigenvalue weighted by molar-refractivity contribution is 5.74. The predicted octanol–water partition coefficient (Wildman–Crippen LogP) is 5.07. The number of fused-ring (bicyclic) bond motifs is 3. The normalized spacial score (nSPS) is 15.9. The number of hydrogen-bond donors (Lipinski definition) is 1. The molecule has 2 aromatic carbocycles. The first-order valence-electron chi connectivity index (χ1n) is 8.62. The van der Waals surface area contributed by atoms with Crippen LogP contribution in [0.15, 0.2) is 47.0 Å². The quantitative estimate of drug-likeness (QED) is 0.727. The van der Waals surface area contributed by atoms with Crippen molar-refractivity contribution in [3.05, 3.63) is 65.0 Å². The van der Waals surface area contributed by atoms with Crippen molar-refractivity contribution in [2.24, 2.45) is 0 Å². The second-order valence-corrected chi connectivity index (χ2v) is 6.62. The Bertz CT molecular complexity index is 897. The summed E-state index contributed by atoms with van der Waals surface area (Å²) in [6, 6.07) is 15.0. The Hall–Kier alpha value is -2.75. The summed E-state index contributed by atoms with van der Waals surface area (Å²) in [5.41, 5.74) is 6.86. The van der Waals surface area contributed by atoms with Crippen molar-refractivity contribution in [1.29, 1.82) is 0 Å². The Kier molecular flexibility index (Phi) is 3.96. The second kappa shape index (κ2) is 6.28. The number of methoxy groups -OCH3 is 1. The van der Waals surface area contributed by atoms with Crippen LogP contribution >= 0.6 is 0 Å². The number of anilines is 1. The van der Waals surface area contributed by atoms with Gasteiger partial charge in [-0.05, 0) is 55.7 Å². The molecule has 1 aromatic heterocycles. The van der Waals surface area contributed by atoms with Crippen LogP contribution in [0.4, 0.5) is 5.69 Å². The SMILES string of the molecule is COc1ccc2c(c1)C(Nc1ccc(C)cc1)CCc1onc(C)c1-2. The number of nitrogens with one attached hydrogen (secondary N) is 1. The van der Waals surface area contributed by atoms with Crippen LogP contribution in [0.3, 0.4) is 0 Å². The van der Waals surface area contributed by atoms with Gasteiger partial charge in [0.25, 0.3) is 0 Å². The first-order chi connectivity index (χ1) is 12.2. The van der Waals surface area contributed by atoms with Crippen molar-refractivity contribution in [2.45, 2.75) is 32.7 Å². The Morgan fingerprint density at radius 1 is 1.12 bits per heavy atom. The summed E-state index contributed by atoms with van der Waals surface area (Å²) in [6.07, 6.45) is 1.80. The number of ether oxygens (including phenoxy) is 1. The van der Waals surface area contributed by atoms with Gasteiger partial charge in [-0.15, -0.1) is 0 Å². The molecule has 0 saturated heterocycles. The van der Waals surface area contributed by atoms with Gasteiger partial charge in [-0.2, -0.15) is 0 Å². The zero-order chi connectivity index (χ0) is 17.4. The molecule has 1 unspecified atom stereocenters. The van der Waals surface area contributed by atoms with Crippen LogP contribution in [0.25, 0.3) is 11.1 Å². The average Bonchev–Trinajstić information content (AvgIpc) is 2.92. The van der Waals surface area contributed by atoms with E-state index in [1.54, 1.807) is 7.11 Å². The fourth-order valence-electron chi connectivity index (χ4n) is 3.55. The molecule has 4 rings (SSSR count). The smallest absolute Gasteiger partial charge is 0.144 e. The topological polar surface area (TPSA) is 47.3 Å². The van der Waals surface area contributed by atoms with Crippen molar-refractivity contribution in [2.75, 3.05) is 12.4 Å². The summed E-state index contributed by atoms with van der Waals surface area (Å²) in [4.78, 5) is 0. The molecule has 0 fully saturated rings. The minimum Gasteiger partial charge on any atom is -0.497 e. The number of nitrogens with zero attached hydrogens (tertiary/aromatic N) is 1. The molecule has 1 heterocycles. The van der Waals surface area contributed by atoms with E-state index in [2.05, 4.69) is 53.8 Å². The molecule has 4 heteroatoms. The molecular weight excluding hydrogens is 312 g/mol. The molecule has 1 aliphatic rings. The van der Waals surface area contributed by atoms with Gasteiger partial charge < -0.3 is 14.6 Å². The summed E-state index contributed by atoms with van der Waals surface area (Å²) < 4.78 is 11.1. The fourth-order valence-corrected chi connectivity index (χ4v) is 3.55. The van der Waals surface area contributed by atoms with Crippen molar-refractivity contribution in [3.8, 4) is 16.9 Å². The van der Waals surface area contributed by atoms with Gasteiger partial charge in [0.05, 0.1) is 18.8 Å². The lowest BCUT2D eigenvalue weighted by Gasteiger charge is -2.21. The highest BCUT2D eigenvalue weighted by atomic mass is 16.5. The minimum atomic E-state index is 0.190. The molecule has 128 valence electrons. The molecule has 0 radical (unpaired) electrons. The number of benzene rings is 2. The van der Waals surface area contributed by atoms with E-state index < -0.39 is 0 Å². The van der Waals surface area contributed by atoms with Crippen molar-refractivity contribution in [3.63, 3.8) is 0 Å². The Morgan fingerprint density at radius 3 is 2.68 bits per heavy atom. The summed E-state index contributed by atoms with van der Waals surface area (Å²) >= 11 is 0. The monoisotopic (exact) mass is 334 g/mol. The van der Waals surface area contributed by atoms with Crippen LogP contribution < -0.4 is 10.1 Å². The fraction of sp³-hybridized carbons (Fsp3) is 0.286. The van der Waals surface area contributed by atoms with E-state index >= 15 is 0 Å². The standard InChI is InChI=1S/C21H22N2O2/c1-13-4-6-15(7-5-13)22-19-10-11-20-21(14(2)23-25-20)17-9-8-16(24-3)12-18(17)19/h4-9,12,19,22H,10-11H2,1-3H3. The van der Waals surface area contributed by atoms with E-state index in [-0.39, 0.29) is 6.04 Å². The number of hydrogen-bond acceptors (Lipinski definition) is 4. The molecule has 1 aliphatic carbocycles. The van der Waals surface area contributed by atoms with E-state index in [0.717, 1.165) is 41.3 Å². The highest BCUT2D eigenvalue weighted by Crippen LogP contribution is 2.41. The molecule has 3 aromatic rings. The van der Waals surface area contributed by atoms with Gasteiger partial charge in [0.1, 0.15) is 11.5 Å². The Morgan fingerprint density at radius 2 is 1.92 bits per heavy atom. The van der Waals surface area contributed by atoms with E-state index in [1.165, 1.54) is 16.7 Å². The third kappa shape index (κ3) is 2.88. The Labute approximate surface area is 147 Å². The average molecular weight is 334 g/mol. The van der Waals surface area contributed by atoms with E-state index in [4.69, 9.17) is 9.26 Å². The molecule has 0 saturated carbocycles. The third-order valence-electron chi connectivity index (χ3n) is 4.89. The molecule has 1 atom stereocenters. The predicted molar refractivity (Wildman–Crippen MR) is 99.1 cm³/mol. The van der Waals surface area contributed by atoms with Gasteiger partial charge >= 0.3 is 0 Å². The summed E-state index contributed by atoms with van der Waals surface area (Å²) in [5, 5.41) is 7.86. The first-order valence-corrected chi connectivity index (χ1v) is 8.62. The lowest BCUT2D eigenvalue weighted by atomic mass is 9.95. The van der Waals surface area contributed by atoms with Crippen LogP contribution in [-0.4, -0.2) is 12.3 Å². The third-order valence-corrected chi connectivity index (χ3v) is 4.89. The minimum absolute atomic E-state index is 0.190. The molecule has 0 amide bonds. The lowest BCUT2D eigenvalue weighted by molar-refractivity contribution is 0.376. The summed E-state index contributed by atoms with van der Waals surface area (Å²) in [7, 11) is 1.71. The molecule has 1 N–H and O–H groups in total. The largest absolute Gasteiger partial charge is 0.497 e. The summed E-state index contributed by atoms with van der Waals surface area (Å²) in [5.74, 6) is 1.84. The van der Waals surface area contributed by atoms with Crippen LogP contribution in [0, 0.1) is 13.8 Å². The molecule has 0 bridgehead atoms. The van der Waals surface area contributed by atoms with Gasteiger partial charge in [-0.25, -0.2) is 0 Å². The maximum atomic E-state index is 5.59. The van der Waals surface area contributed by atoms with Gasteiger partial charge in [0.15, 0.2) is 0 Å². The zero-order valence-electron chi connectivity index (χ0n) is 14.8. The first kappa shape index (κ1) is 15.8. The molecular formula is C21H22N2O2. The molecule has 0 spiro atoms. The lowest BCUT2D eigenvalue weighted by Crippen LogP contribution is -2.11. The maximum Gasteiger partial charge on any atom is 0.144 e. The second-order valence-electron chi connectivity index (χ2n) is 6.62. The van der Waals surface area contributed by atoms with Crippen molar-refractivity contribution in [1.82, 2.24) is 5.16 Å².